The zero-order valence-corrected chi connectivity index (χ0v) is 18.3. The number of carboxylic acid groups (broad SMARTS) is 1. The third-order valence-electron chi connectivity index (χ3n) is 6.01. The highest BCUT2D eigenvalue weighted by Gasteiger charge is 2.28. The molecule has 1 fully saturated rings. The lowest BCUT2D eigenvalue weighted by molar-refractivity contribution is -0.139. The van der Waals surface area contributed by atoms with Gasteiger partial charge in [0.2, 0.25) is 0 Å². The maximum atomic E-state index is 13.1. The number of benzene rings is 2. The molecule has 2 unspecified atom stereocenters. The summed E-state index contributed by atoms with van der Waals surface area (Å²) in [5.41, 5.74) is 3.36. The smallest absolute Gasteiger partial charge is 0.320 e. The Morgan fingerprint density at radius 2 is 2.00 bits per heavy atom. The summed E-state index contributed by atoms with van der Waals surface area (Å²) >= 11 is 0. The van der Waals surface area contributed by atoms with E-state index in [4.69, 9.17) is 14.3 Å². The number of aliphatic carboxylic acids is 1. The summed E-state index contributed by atoms with van der Waals surface area (Å²) in [7, 11) is 0. The highest BCUT2D eigenvalue weighted by molar-refractivity contribution is 5.79. The van der Waals surface area contributed by atoms with E-state index in [-0.39, 0.29) is 42.8 Å². The molecule has 10 heteroatoms. The number of nitrogens with zero attached hydrogens (tertiary/aromatic N) is 3. The SMILES string of the molecule is O=C(O)CCOC1CCCCC1c1ccc2nc(-c3nnc(Nc4ccc(F)cc4)o3)[nH]c2c1. The lowest BCUT2D eigenvalue weighted by Crippen LogP contribution is -2.27. The van der Waals surface area contributed by atoms with Crippen molar-refractivity contribution in [2.24, 2.45) is 0 Å². The fourth-order valence-corrected chi connectivity index (χ4v) is 4.36. The molecular formula is C24H24FN5O4. The molecule has 0 bridgehead atoms. The molecule has 2 aromatic heterocycles. The van der Waals surface area contributed by atoms with Gasteiger partial charge in [-0.15, -0.1) is 5.10 Å². The lowest BCUT2D eigenvalue weighted by atomic mass is 9.81. The first-order chi connectivity index (χ1) is 16.5. The summed E-state index contributed by atoms with van der Waals surface area (Å²) in [6.07, 6.45) is 4.12. The highest BCUT2D eigenvalue weighted by atomic mass is 19.1. The van der Waals surface area contributed by atoms with Crippen LogP contribution in [0.4, 0.5) is 16.1 Å². The monoisotopic (exact) mass is 465 g/mol. The van der Waals surface area contributed by atoms with Crippen molar-refractivity contribution < 1.29 is 23.4 Å². The van der Waals surface area contributed by atoms with Gasteiger partial charge < -0.3 is 24.6 Å². The van der Waals surface area contributed by atoms with Crippen LogP contribution in [-0.2, 0) is 9.53 Å². The Morgan fingerprint density at radius 1 is 1.18 bits per heavy atom. The van der Waals surface area contributed by atoms with Crippen molar-refractivity contribution in [1.82, 2.24) is 20.2 Å². The molecule has 3 N–H and O–H groups in total. The van der Waals surface area contributed by atoms with E-state index in [1.54, 1.807) is 12.1 Å². The van der Waals surface area contributed by atoms with Gasteiger partial charge in [0.05, 0.1) is 30.2 Å². The zero-order valence-electron chi connectivity index (χ0n) is 18.3. The minimum atomic E-state index is -0.851. The maximum Gasteiger partial charge on any atom is 0.320 e. The molecule has 4 aromatic rings. The average Bonchev–Trinajstić information content (AvgIpc) is 3.47. The number of anilines is 2. The van der Waals surface area contributed by atoms with Crippen LogP contribution in [0.5, 0.6) is 0 Å². The van der Waals surface area contributed by atoms with Crippen LogP contribution in [0.15, 0.2) is 46.9 Å². The van der Waals surface area contributed by atoms with Gasteiger partial charge >= 0.3 is 12.0 Å². The summed E-state index contributed by atoms with van der Waals surface area (Å²) in [6.45, 7) is 0.221. The van der Waals surface area contributed by atoms with E-state index in [1.807, 2.05) is 12.1 Å². The summed E-state index contributed by atoms with van der Waals surface area (Å²) in [4.78, 5) is 18.6. The molecule has 0 aliphatic heterocycles. The molecule has 0 radical (unpaired) electrons. The normalized spacial score (nSPS) is 18.3. The van der Waals surface area contributed by atoms with E-state index in [0.29, 0.717) is 11.5 Å². The number of nitrogens with one attached hydrogen (secondary N) is 2. The second kappa shape index (κ2) is 9.60. The molecule has 2 atom stereocenters. The molecule has 176 valence electrons. The second-order valence-corrected chi connectivity index (χ2v) is 8.35. The van der Waals surface area contributed by atoms with Crippen LogP contribution in [0, 0.1) is 5.82 Å². The van der Waals surface area contributed by atoms with Crippen LogP contribution >= 0.6 is 0 Å². The molecule has 5 rings (SSSR count). The molecule has 1 aliphatic rings. The van der Waals surface area contributed by atoms with Gasteiger partial charge in [-0.2, -0.15) is 0 Å². The van der Waals surface area contributed by atoms with Gasteiger partial charge in [-0.05, 0) is 54.8 Å². The predicted molar refractivity (Wildman–Crippen MR) is 122 cm³/mol. The summed E-state index contributed by atoms with van der Waals surface area (Å²) in [5.74, 6) is -0.297. The molecule has 9 nitrogen and oxygen atoms in total. The number of H-pyrrole nitrogens is 1. The Balaban J connectivity index is 1.33. The van der Waals surface area contributed by atoms with Crippen molar-refractivity contribution in [1.29, 1.82) is 0 Å². The van der Waals surface area contributed by atoms with Gasteiger partial charge in [0.25, 0.3) is 5.89 Å². The number of halogens is 1. The van der Waals surface area contributed by atoms with Crippen LogP contribution in [0.1, 0.15) is 43.6 Å². The molecule has 1 aliphatic carbocycles. The van der Waals surface area contributed by atoms with E-state index < -0.39 is 5.97 Å². The van der Waals surface area contributed by atoms with Gasteiger partial charge in [-0.1, -0.05) is 24.0 Å². The van der Waals surface area contributed by atoms with Crippen LogP contribution in [0.3, 0.4) is 0 Å². The van der Waals surface area contributed by atoms with Crippen molar-refractivity contribution in [3.63, 3.8) is 0 Å². The van der Waals surface area contributed by atoms with Crippen LogP contribution in [0.25, 0.3) is 22.7 Å². The van der Waals surface area contributed by atoms with Gasteiger partial charge in [0.15, 0.2) is 5.82 Å². The van der Waals surface area contributed by atoms with Gasteiger partial charge in [0, 0.05) is 11.6 Å². The maximum absolute atomic E-state index is 13.1. The summed E-state index contributed by atoms with van der Waals surface area (Å²) in [5, 5.41) is 19.9. The van der Waals surface area contributed by atoms with Crippen molar-refractivity contribution in [2.45, 2.75) is 44.1 Å². The Hall–Kier alpha value is -3.79. The number of hydrogen-bond acceptors (Lipinski definition) is 7. The predicted octanol–water partition coefficient (Wildman–Crippen LogP) is 5.01. The minimum Gasteiger partial charge on any atom is -0.481 e. The molecule has 2 heterocycles. The first-order valence-corrected chi connectivity index (χ1v) is 11.2. The Morgan fingerprint density at radius 3 is 2.82 bits per heavy atom. The minimum absolute atomic E-state index is 0.00368. The van der Waals surface area contributed by atoms with Gasteiger partial charge in [-0.3, -0.25) is 4.79 Å². The number of fused-ring (bicyclic) bond motifs is 1. The first kappa shape index (κ1) is 22.0. The van der Waals surface area contributed by atoms with Crippen molar-refractivity contribution in [3.05, 3.63) is 53.8 Å². The number of aromatic amines is 1. The van der Waals surface area contributed by atoms with E-state index >= 15 is 0 Å². The Bertz CT molecular complexity index is 1290. The van der Waals surface area contributed by atoms with Gasteiger partial charge in [-0.25, -0.2) is 9.37 Å². The highest BCUT2D eigenvalue weighted by Crippen LogP contribution is 2.36. The number of ether oxygens (including phenoxy) is 1. The summed E-state index contributed by atoms with van der Waals surface area (Å²) < 4.78 is 24.7. The Labute approximate surface area is 194 Å². The van der Waals surface area contributed by atoms with E-state index in [9.17, 15) is 9.18 Å². The number of hydrogen-bond donors (Lipinski definition) is 3. The van der Waals surface area contributed by atoms with Crippen molar-refractivity contribution in [3.8, 4) is 11.7 Å². The van der Waals surface area contributed by atoms with Crippen molar-refractivity contribution in [2.75, 3.05) is 11.9 Å². The average molecular weight is 465 g/mol. The number of carbonyl (C=O) groups is 1. The third kappa shape index (κ3) is 4.91. The quantitative estimate of drug-likeness (QED) is 0.331. The first-order valence-electron chi connectivity index (χ1n) is 11.2. The fraction of sp³-hybridized carbons (Fsp3) is 0.333. The summed E-state index contributed by atoms with van der Waals surface area (Å²) in [6, 6.07) is 12.1. The molecule has 2 aromatic carbocycles. The second-order valence-electron chi connectivity index (χ2n) is 8.35. The van der Waals surface area contributed by atoms with Crippen LogP contribution in [0.2, 0.25) is 0 Å². The standard InChI is InChI=1S/C24H24FN5O4/c25-15-6-8-16(9-7-15)26-24-30-29-23(34-24)22-27-18-10-5-14(13-19(18)28-22)17-3-1-2-4-20(17)33-12-11-21(31)32/h5-10,13,17,20H,1-4,11-12H2,(H,26,30)(H,27,28)(H,31,32). The van der Waals surface area contributed by atoms with Gasteiger partial charge in [0.1, 0.15) is 5.82 Å². The number of rotatable bonds is 8. The van der Waals surface area contributed by atoms with E-state index in [0.717, 1.165) is 42.3 Å². The molecule has 34 heavy (non-hydrogen) atoms. The largest absolute Gasteiger partial charge is 0.481 e. The molecule has 0 saturated heterocycles. The number of imidazole rings is 1. The molecule has 0 spiro atoms. The van der Waals surface area contributed by atoms with Crippen molar-refractivity contribution >= 4 is 28.7 Å². The number of aromatic nitrogens is 4. The third-order valence-corrected chi connectivity index (χ3v) is 6.01. The molecule has 0 amide bonds. The Kier molecular flexibility index (Phi) is 6.22. The number of carboxylic acids is 1. The lowest BCUT2D eigenvalue weighted by Gasteiger charge is -2.31. The molecule has 1 saturated carbocycles. The topological polar surface area (TPSA) is 126 Å². The van der Waals surface area contributed by atoms with E-state index in [1.165, 1.54) is 12.1 Å². The van der Waals surface area contributed by atoms with Crippen LogP contribution in [-0.4, -0.2) is 44.0 Å². The zero-order chi connectivity index (χ0) is 23.5. The fourth-order valence-electron chi connectivity index (χ4n) is 4.36. The van der Waals surface area contributed by atoms with E-state index in [2.05, 4.69) is 31.5 Å². The van der Waals surface area contributed by atoms with Crippen LogP contribution < -0.4 is 5.32 Å². The molecular weight excluding hydrogens is 441 g/mol.